The van der Waals surface area contributed by atoms with Gasteiger partial charge in [0.15, 0.2) is 10.8 Å². The number of thiazole rings is 1. The lowest BCUT2D eigenvalue weighted by Gasteiger charge is -2.39. The van der Waals surface area contributed by atoms with Crippen molar-refractivity contribution in [3.8, 4) is 0 Å². The van der Waals surface area contributed by atoms with Gasteiger partial charge in [0.05, 0.1) is 31.4 Å². The predicted octanol–water partition coefficient (Wildman–Crippen LogP) is 1.58. The topological polar surface area (TPSA) is 107 Å². The van der Waals surface area contributed by atoms with Crippen molar-refractivity contribution in [1.29, 1.82) is 0 Å². The van der Waals surface area contributed by atoms with E-state index in [0.717, 1.165) is 0 Å². The summed E-state index contributed by atoms with van der Waals surface area (Å²) in [5, 5.41) is 25.5. The predicted molar refractivity (Wildman–Crippen MR) is 113 cm³/mol. The molecule has 0 amide bonds. The molecule has 8 nitrogen and oxygen atoms in total. The number of hydrogen-bond acceptors (Lipinski definition) is 8. The normalized spacial score (nSPS) is 24.6. The van der Waals surface area contributed by atoms with Crippen LogP contribution in [0.15, 0.2) is 52.1 Å². The van der Waals surface area contributed by atoms with Crippen LogP contribution in [0.2, 0.25) is 0 Å². The number of aliphatic hydroxyl groups is 1. The zero-order chi connectivity index (χ0) is 22.0. The van der Waals surface area contributed by atoms with E-state index in [-0.39, 0.29) is 24.8 Å². The first-order valence-electron chi connectivity index (χ1n) is 9.84. The van der Waals surface area contributed by atoms with Crippen molar-refractivity contribution in [2.24, 2.45) is 4.99 Å². The van der Waals surface area contributed by atoms with E-state index in [1.165, 1.54) is 23.5 Å². The molecule has 0 bridgehead atoms. The standard InChI is InChI=1S/C21H23FN4O4S/c1-21(13-2-4-14(22)5-3-13)17(20(28)29)16(10-26-7-8-30-12-15(26)11-27)24-18(25-21)19-23-6-9-31-19/h2-6,9,15,27H,7-8,10-12H2,1H3,(H,24,25)(H,28,29). The van der Waals surface area contributed by atoms with E-state index in [2.05, 4.69) is 10.3 Å². The molecule has 3 heterocycles. The molecule has 4 rings (SSSR count). The number of nitrogens with zero attached hydrogens (tertiary/aromatic N) is 3. The number of aliphatic carboxylic acids is 1. The molecular weight excluding hydrogens is 423 g/mol. The minimum Gasteiger partial charge on any atom is -0.478 e. The number of hydrogen-bond donors (Lipinski definition) is 3. The van der Waals surface area contributed by atoms with Gasteiger partial charge in [-0.3, -0.25) is 4.90 Å². The molecule has 1 aromatic heterocycles. The third-order valence-corrected chi connectivity index (χ3v) is 6.35. The molecule has 2 atom stereocenters. The van der Waals surface area contributed by atoms with Gasteiger partial charge in [0, 0.05) is 30.4 Å². The Bertz CT molecular complexity index is 1010. The maximum Gasteiger partial charge on any atom is 0.336 e. The number of carboxylic acids is 1. The van der Waals surface area contributed by atoms with E-state index in [1.54, 1.807) is 25.3 Å². The number of carboxylic acid groups (broad SMARTS) is 1. The summed E-state index contributed by atoms with van der Waals surface area (Å²) in [6.07, 6.45) is 1.65. The Hall–Kier alpha value is -2.66. The summed E-state index contributed by atoms with van der Waals surface area (Å²) in [4.78, 5) is 23.5. The molecule has 2 aliphatic rings. The number of nitrogens with one attached hydrogen (secondary N) is 1. The van der Waals surface area contributed by atoms with Crippen LogP contribution in [0, 0.1) is 5.82 Å². The largest absolute Gasteiger partial charge is 0.478 e. The van der Waals surface area contributed by atoms with Crippen LogP contribution in [0.3, 0.4) is 0 Å². The highest BCUT2D eigenvalue weighted by Gasteiger charge is 2.42. The minimum absolute atomic E-state index is 0.0718. The smallest absolute Gasteiger partial charge is 0.336 e. The second-order valence-electron chi connectivity index (χ2n) is 7.54. The highest BCUT2D eigenvalue weighted by atomic mass is 32.1. The Balaban J connectivity index is 1.83. The summed E-state index contributed by atoms with van der Waals surface area (Å²) < 4.78 is 19.0. The van der Waals surface area contributed by atoms with Gasteiger partial charge in [0.2, 0.25) is 0 Å². The van der Waals surface area contributed by atoms with Gasteiger partial charge in [-0.25, -0.2) is 19.2 Å². The molecular formula is C21H23FN4O4S. The number of aromatic nitrogens is 1. The van der Waals surface area contributed by atoms with Crippen LogP contribution in [-0.2, 0) is 15.1 Å². The Morgan fingerprint density at radius 2 is 2.19 bits per heavy atom. The molecule has 2 aliphatic heterocycles. The van der Waals surface area contributed by atoms with E-state index in [1.807, 2.05) is 10.3 Å². The average Bonchev–Trinajstić information content (AvgIpc) is 3.29. The summed E-state index contributed by atoms with van der Waals surface area (Å²) in [6, 6.07) is 5.46. The van der Waals surface area contributed by atoms with Crippen LogP contribution < -0.4 is 5.32 Å². The maximum atomic E-state index is 13.6. The third-order valence-electron chi connectivity index (χ3n) is 5.57. The van der Waals surface area contributed by atoms with Crippen LogP contribution in [0.4, 0.5) is 4.39 Å². The Morgan fingerprint density at radius 3 is 2.84 bits per heavy atom. The molecule has 10 heteroatoms. The quantitative estimate of drug-likeness (QED) is 0.618. The minimum atomic E-state index is -1.26. The van der Waals surface area contributed by atoms with Gasteiger partial charge < -0.3 is 20.3 Å². The van der Waals surface area contributed by atoms with Crippen LogP contribution in [0.1, 0.15) is 17.5 Å². The molecule has 0 aliphatic carbocycles. The number of morpholine rings is 1. The SMILES string of the molecule is CC1(c2ccc(F)cc2)N=C(c2nccs2)NC(CN2CCOCC2CO)=C1C(=O)O. The fourth-order valence-electron chi connectivity index (χ4n) is 3.96. The van der Waals surface area contributed by atoms with Crippen molar-refractivity contribution in [2.75, 3.05) is 32.9 Å². The zero-order valence-electron chi connectivity index (χ0n) is 16.9. The second-order valence-corrected chi connectivity index (χ2v) is 8.44. The number of aliphatic imine (C=N–C) groups is 1. The fraction of sp³-hybridized carbons (Fsp3) is 0.381. The molecule has 164 valence electrons. The van der Waals surface area contributed by atoms with Gasteiger partial charge in [-0.15, -0.1) is 11.3 Å². The number of carbonyl (C=O) groups is 1. The first-order valence-corrected chi connectivity index (χ1v) is 10.7. The summed E-state index contributed by atoms with van der Waals surface area (Å²) in [5.41, 5.74) is -0.176. The molecule has 2 unspecified atom stereocenters. The summed E-state index contributed by atoms with van der Waals surface area (Å²) in [7, 11) is 0. The van der Waals surface area contributed by atoms with Gasteiger partial charge >= 0.3 is 5.97 Å². The molecule has 1 saturated heterocycles. The van der Waals surface area contributed by atoms with Gasteiger partial charge in [-0.2, -0.15) is 0 Å². The summed E-state index contributed by atoms with van der Waals surface area (Å²) in [6.45, 7) is 3.29. The highest BCUT2D eigenvalue weighted by molar-refractivity contribution is 7.11. The molecule has 3 N–H and O–H groups in total. The summed E-state index contributed by atoms with van der Waals surface area (Å²) in [5.74, 6) is -1.08. The van der Waals surface area contributed by atoms with Crippen molar-refractivity contribution in [3.63, 3.8) is 0 Å². The van der Waals surface area contributed by atoms with Crippen molar-refractivity contribution in [2.45, 2.75) is 18.5 Å². The number of benzene rings is 1. The molecule has 0 saturated carbocycles. The molecule has 1 fully saturated rings. The fourth-order valence-corrected chi connectivity index (χ4v) is 4.54. The summed E-state index contributed by atoms with van der Waals surface area (Å²) >= 11 is 1.38. The van der Waals surface area contributed by atoms with Gasteiger partial charge in [0.1, 0.15) is 11.4 Å². The average molecular weight is 447 g/mol. The van der Waals surface area contributed by atoms with Crippen molar-refractivity contribution in [3.05, 3.63) is 63.5 Å². The maximum absolute atomic E-state index is 13.6. The number of amidine groups is 1. The van der Waals surface area contributed by atoms with Crippen LogP contribution in [0.5, 0.6) is 0 Å². The van der Waals surface area contributed by atoms with E-state index in [9.17, 15) is 19.4 Å². The van der Waals surface area contributed by atoms with Crippen LogP contribution in [0.25, 0.3) is 0 Å². The van der Waals surface area contributed by atoms with Crippen molar-refractivity contribution < 1.29 is 24.1 Å². The van der Waals surface area contributed by atoms with Crippen molar-refractivity contribution >= 4 is 23.1 Å². The number of aliphatic hydroxyl groups excluding tert-OH is 1. The van der Waals surface area contributed by atoms with Gasteiger partial charge in [0.25, 0.3) is 0 Å². The molecule has 0 spiro atoms. The third kappa shape index (κ3) is 4.24. The second kappa shape index (κ2) is 8.83. The van der Waals surface area contributed by atoms with Gasteiger partial charge in [-0.1, -0.05) is 12.1 Å². The lowest BCUT2D eigenvalue weighted by atomic mass is 9.82. The number of rotatable bonds is 6. The van der Waals surface area contributed by atoms with E-state index < -0.39 is 17.3 Å². The van der Waals surface area contributed by atoms with Gasteiger partial charge in [-0.05, 0) is 24.6 Å². The molecule has 2 aromatic rings. The van der Waals surface area contributed by atoms with E-state index in [0.29, 0.717) is 41.9 Å². The first-order chi connectivity index (χ1) is 14.9. The zero-order valence-corrected chi connectivity index (χ0v) is 17.7. The molecule has 0 radical (unpaired) electrons. The van der Waals surface area contributed by atoms with E-state index >= 15 is 0 Å². The Labute approximate surface area is 182 Å². The van der Waals surface area contributed by atoms with Crippen LogP contribution in [-0.4, -0.2) is 70.9 Å². The number of halogens is 1. The lowest BCUT2D eigenvalue weighted by Crippen LogP contribution is -2.51. The monoisotopic (exact) mass is 446 g/mol. The Kier molecular flexibility index (Phi) is 6.15. The Morgan fingerprint density at radius 1 is 1.42 bits per heavy atom. The highest BCUT2D eigenvalue weighted by Crippen LogP contribution is 2.38. The molecule has 1 aromatic carbocycles. The van der Waals surface area contributed by atoms with E-state index in [4.69, 9.17) is 9.73 Å². The number of ether oxygens (including phenoxy) is 1. The molecule has 31 heavy (non-hydrogen) atoms. The first kappa shape index (κ1) is 21.6. The van der Waals surface area contributed by atoms with Crippen LogP contribution >= 0.6 is 11.3 Å². The van der Waals surface area contributed by atoms with Crippen molar-refractivity contribution in [1.82, 2.24) is 15.2 Å². The lowest BCUT2D eigenvalue weighted by molar-refractivity contribution is -0.133.